The summed E-state index contributed by atoms with van der Waals surface area (Å²) in [5, 5.41) is 2.88. The molecule has 0 bridgehead atoms. The minimum atomic E-state index is -0.494. The van der Waals surface area contributed by atoms with Crippen molar-refractivity contribution in [1.82, 2.24) is 15.8 Å². The number of carbonyl (C=O) groups is 2. The molecule has 1 unspecified atom stereocenters. The molecule has 6 nitrogen and oxygen atoms in total. The van der Waals surface area contributed by atoms with Gasteiger partial charge < -0.3 is 4.74 Å². The zero-order valence-electron chi connectivity index (χ0n) is 13.5. The Balaban J connectivity index is 1.65. The zero-order valence-corrected chi connectivity index (χ0v) is 13.5. The van der Waals surface area contributed by atoms with Crippen molar-refractivity contribution >= 4 is 33.5 Å². The minimum Gasteiger partial charge on any atom is -0.368 e. The number of pyridine rings is 1. The van der Waals surface area contributed by atoms with Crippen LogP contribution in [0.2, 0.25) is 0 Å². The van der Waals surface area contributed by atoms with Crippen LogP contribution in [0.15, 0.2) is 48.7 Å². The number of ether oxygens (including phenoxy) is 1. The van der Waals surface area contributed by atoms with Crippen LogP contribution in [0.25, 0.3) is 21.7 Å². The molecule has 25 heavy (non-hydrogen) atoms. The molecule has 1 atom stereocenters. The number of benzene rings is 2. The number of nitrogens with zero attached hydrogens (tertiary/aromatic N) is 1. The van der Waals surface area contributed by atoms with Gasteiger partial charge in [0.25, 0.3) is 11.8 Å². The quantitative estimate of drug-likeness (QED) is 0.556. The molecule has 1 aliphatic rings. The van der Waals surface area contributed by atoms with E-state index in [2.05, 4.69) is 15.8 Å². The van der Waals surface area contributed by atoms with Crippen molar-refractivity contribution in [2.24, 2.45) is 0 Å². The maximum Gasteiger partial charge on any atom is 0.271 e. The number of amides is 2. The lowest BCUT2D eigenvalue weighted by Crippen LogP contribution is -2.46. The first-order valence-electron chi connectivity index (χ1n) is 8.22. The van der Waals surface area contributed by atoms with Crippen LogP contribution in [0.5, 0.6) is 0 Å². The molecular formula is C19H17N3O3. The predicted molar refractivity (Wildman–Crippen MR) is 93.8 cm³/mol. The van der Waals surface area contributed by atoms with Crippen molar-refractivity contribution in [1.29, 1.82) is 0 Å². The van der Waals surface area contributed by atoms with Gasteiger partial charge in [0.15, 0.2) is 0 Å². The second-order valence-corrected chi connectivity index (χ2v) is 5.99. The van der Waals surface area contributed by atoms with Gasteiger partial charge in [0.2, 0.25) is 0 Å². The fourth-order valence-electron chi connectivity index (χ4n) is 3.15. The minimum absolute atomic E-state index is 0.330. The molecule has 2 N–H and O–H groups in total. The fraction of sp³-hybridized carbons (Fsp3) is 0.211. The summed E-state index contributed by atoms with van der Waals surface area (Å²) in [5.41, 5.74) is 5.94. The van der Waals surface area contributed by atoms with Gasteiger partial charge >= 0.3 is 0 Å². The molecule has 1 saturated heterocycles. The Morgan fingerprint density at radius 2 is 1.92 bits per heavy atom. The number of hydrazine groups is 1. The van der Waals surface area contributed by atoms with Gasteiger partial charge in [-0.15, -0.1) is 0 Å². The molecule has 1 fully saturated rings. The summed E-state index contributed by atoms with van der Waals surface area (Å²) in [6, 6.07) is 13.4. The summed E-state index contributed by atoms with van der Waals surface area (Å²) in [5.74, 6) is -0.732. The molecule has 2 amide bonds. The van der Waals surface area contributed by atoms with E-state index in [1.165, 1.54) is 0 Å². The van der Waals surface area contributed by atoms with Crippen LogP contribution in [-0.2, 0) is 9.53 Å². The first kappa shape index (κ1) is 15.5. The van der Waals surface area contributed by atoms with Crippen LogP contribution in [0.4, 0.5) is 0 Å². The Bertz CT molecular complexity index is 964. The SMILES string of the molecule is O=C(NNC(=O)C1CCCO1)c1cc2ccccc2c2cccnc12. The Kier molecular flexibility index (Phi) is 4.03. The summed E-state index contributed by atoms with van der Waals surface area (Å²) in [6.45, 7) is 0.575. The predicted octanol–water partition coefficient (Wildman–Crippen LogP) is 2.33. The lowest BCUT2D eigenvalue weighted by atomic mass is 10.0. The largest absolute Gasteiger partial charge is 0.368 e. The Hall–Kier alpha value is -2.99. The van der Waals surface area contributed by atoms with Crippen LogP contribution in [0.1, 0.15) is 23.2 Å². The highest BCUT2D eigenvalue weighted by Gasteiger charge is 2.24. The highest BCUT2D eigenvalue weighted by molar-refractivity contribution is 6.15. The van der Waals surface area contributed by atoms with Gasteiger partial charge in [-0.3, -0.25) is 25.4 Å². The van der Waals surface area contributed by atoms with Crippen molar-refractivity contribution in [3.63, 3.8) is 0 Å². The molecule has 0 saturated carbocycles. The highest BCUT2D eigenvalue weighted by Crippen LogP contribution is 2.27. The lowest BCUT2D eigenvalue weighted by molar-refractivity contribution is -0.130. The van der Waals surface area contributed by atoms with E-state index in [1.54, 1.807) is 12.3 Å². The molecule has 1 aliphatic heterocycles. The summed E-state index contributed by atoms with van der Waals surface area (Å²) in [4.78, 5) is 29.0. The standard InChI is InChI=1S/C19H17N3O3/c23-18(21-22-19(24)16-8-4-10-25-16)15-11-12-5-1-2-6-13(12)14-7-3-9-20-17(14)15/h1-3,5-7,9,11,16H,4,8,10H2,(H,21,23)(H,22,24). The fourth-order valence-corrected chi connectivity index (χ4v) is 3.15. The summed E-state index contributed by atoms with van der Waals surface area (Å²) >= 11 is 0. The molecular weight excluding hydrogens is 318 g/mol. The van der Waals surface area contributed by atoms with Crippen molar-refractivity contribution < 1.29 is 14.3 Å². The van der Waals surface area contributed by atoms with Gasteiger partial charge in [0.05, 0.1) is 11.1 Å². The number of carbonyl (C=O) groups excluding carboxylic acids is 2. The van der Waals surface area contributed by atoms with E-state index >= 15 is 0 Å². The third-order valence-electron chi connectivity index (χ3n) is 4.38. The van der Waals surface area contributed by atoms with Crippen LogP contribution in [0.3, 0.4) is 0 Å². The van der Waals surface area contributed by atoms with E-state index < -0.39 is 12.0 Å². The third-order valence-corrected chi connectivity index (χ3v) is 4.38. The van der Waals surface area contributed by atoms with Crippen LogP contribution in [-0.4, -0.2) is 29.5 Å². The third kappa shape index (κ3) is 2.92. The van der Waals surface area contributed by atoms with E-state index in [-0.39, 0.29) is 5.91 Å². The van der Waals surface area contributed by atoms with Gasteiger partial charge in [-0.25, -0.2) is 0 Å². The van der Waals surface area contributed by atoms with E-state index in [1.807, 2.05) is 36.4 Å². The zero-order chi connectivity index (χ0) is 17.2. The monoisotopic (exact) mass is 335 g/mol. The normalized spacial score (nSPS) is 16.9. The van der Waals surface area contributed by atoms with E-state index in [9.17, 15) is 9.59 Å². The number of rotatable bonds is 2. The van der Waals surface area contributed by atoms with E-state index in [0.29, 0.717) is 24.1 Å². The highest BCUT2D eigenvalue weighted by atomic mass is 16.5. The molecule has 2 heterocycles. The van der Waals surface area contributed by atoms with Crippen molar-refractivity contribution in [3.8, 4) is 0 Å². The second kappa shape index (κ2) is 6.49. The summed E-state index contributed by atoms with van der Waals surface area (Å²) in [6.07, 6.45) is 2.68. The molecule has 4 rings (SSSR count). The second-order valence-electron chi connectivity index (χ2n) is 5.99. The number of hydrogen-bond acceptors (Lipinski definition) is 4. The maximum absolute atomic E-state index is 12.6. The number of fused-ring (bicyclic) bond motifs is 3. The van der Waals surface area contributed by atoms with Gasteiger partial charge in [-0.2, -0.15) is 0 Å². The van der Waals surface area contributed by atoms with Crippen LogP contribution in [0, 0.1) is 0 Å². The Morgan fingerprint density at radius 1 is 1.08 bits per heavy atom. The molecule has 1 aromatic heterocycles. The Morgan fingerprint density at radius 3 is 2.76 bits per heavy atom. The average molecular weight is 335 g/mol. The van der Waals surface area contributed by atoms with Crippen molar-refractivity contribution in [2.45, 2.75) is 18.9 Å². The molecule has 2 aromatic carbocycles. The number of hydrogen-bond donors (Lipinski definition) is 2. The van der Waals surface area contributed by atoms with Crippen LogP contribution < -0.4 is 10.9 Å². The summed E-state index contributed by atoms with van der Waals surface area (Å²) in [7, 11) is 0. The number of nitrogens with one attached hydrogen (secondary N) is 2. The van der Waals surface area contributed by atoms with Crippen LogP contribution >= 0.6 is 0 Å². The van der Waals surface area contributed by atoms with Crippen molar-refractivity contribution in [3.05, 3.63) is 54.2 Å². The Labute approximate surface area is 144 Å². The van der Waals surface area contributed by atoms with Gasteiger partial charge in [-0.1, -0.05) is 30.3 Å². The molecule has 3 aromatic rings. The number of aromatic nitrogens is 1. The van der Waals surface area contributed by atoms with Crippen molar-refractivity contribution in [2.75, 3.05) is 6.61 Å². The van der Waals surface area contributed by atoms with E-state index in [0.717, 1.165) is 22.6 Å². The molecule has 0 spiro atoms. The molecule has 0 aliphatic carbocycles. The first-order chi connectivity index (χ1) is 12.2. The topological polar surface area (TPSA) is 80.3 Å². The van der Waals surface area contributed by atoms with Gasteiger partial charge in [-0.05, 0) is 35.7 Å². The first-order valence-corrected chi connectivity index (χ1v) is 8.22. The smallest absolute Gasteiger partial charge is 0.271 e. The van der Waals surface area contributed by atoms with E-state index in [4.69, 9.17) is 4.74 Å². The maximum atomic E-state index is 12.6. The summed E-state index contributed by atoms with van der Waals surface area (Å²) < 4.78 is 5.30. The molecule has 6 heteroatoms. The average Bonchev–Trinajstić information content (AvgIpc) is 3.20. The molecule has 126 valence electrons. The molecule has 0 radical (unpaired) electrons. The van der Waals surface area contributed by atoms with Gasteiger partial charge in [0, 0.05) is 18.2 Å². The lowest BCUT2D eigenvalue weighted by Gasteiger charge is -2.13. The van der Waals surface area contributed by atoms with Gasteiger partial charge in [0.1, 0.15) is 6.10 Å².